The van der Waals surface area contributed by atoms with Crippen molar-refractivity contribution in [3.8, 4) is 0 Å². The van der Waals surface area contributed by atoms with E-state index in [1.165, 1.54) is 12.1 Å². The molecule has 5 heteroatoms. The Hall–Kier alpha value is -1.85. The minimum Gasteiger partial charge on any atom is -0.294 e. The molecule has 0 atom stereocenters. The fourth-order valence-corrected chi connectivity index (χ4v) is 2.72. The van der Waals surface area contributed by atoms with Crippen molar-refractivity contribution in [3.63, 3.8) is 0 Å². The van der Waals surface area contributed by atoms with E-state index >= 15 is 0 Å². The first-order valence-corrected chi connectivity index (χ1v) is 7.12. The fourth-order valence-electron chi connectivity index (χ4n) is 1.79. The molecule has 0 fully saturated rings. The van der Waals surface area contributed by atoms with Crippen LogP contribution in [0, 0.1) is 5.82 Å². The molecule has 0 spiro atoms. The van der Waals surface area contributed by atoms with Gasteiger partial charge >= 0.3 is 0 Å². The van der Waals surface area contributed by atoms with Gasteiger partial charge in [-0.25, -0.2) is 10.2 Å². The van der Waals surface area contributed by atoms with Crippen molar-refractivity contribution >= 4 is 17.7 Å². The van der Waals surface area contributed by atoms with Crippen LogP contribution in [0.4, 0.5) is 4.39 Å². The Kier molecular flexibility index (Phi) is 5.15. The van der Waals surface area contributed by atoms with Crippen LogP contribution in [0.1, 0.15) is 11.1 Å². The lowest BCUT2D eigenvalue weighted by molar-refractivity contribution is -0.120. The third kappa shape index (κ3) is 4.08. The van der Waals surface area contributed by atoms with E-state index in [1.54, 1.807) is 23.9 Å². The molecular weight excluding hydrogens is 275 g/mol. The third-order valence-corrected chi connectivity index (χ3v) is 3.90. The molecule has 0 unspecified atom stereocenters. The summed E-state index contributed by atoms with van der Waals surface area (Å²) in [7, 11) is 0. The SMILES string of the molecule is NNC(=O)Cc1ccccc1CSc1ccc(F)cc1. The van der Waals surface area contributed by atoms with Gasteiger partial charge in [0.2, 0.25) is 5.91 Å². The zero-order valence-corrected chi connectivity index (χ0v) is 11.6. The van der Waals surface area contributed by atoms with Gasteiger partial charge in [0.1, 0.15) is 5.82 Å². The maximum absolute atomic E-state index is 12.8. The standard InChI is InChI=1S/C15H15FN2OS/c16-13-5-7-14(8-6-13)20-10-12-4-2-1-3-11(12)9-15(19)18-17/h1-8H,9-10,17H2,(H,18,19). The Labute approximate surface area is 121 Å². The van der Waals surface area contributed by atoms with Crippen LogP contribution in [0.15, 0.2) is 53.4 Å². The number of thioether (sulfide) groups is 1. The Balaban J connectivity index is 2.05. The summed E-state index contributed by atoms with van der Waals surface area (Å²) in [5.41, 5.74) is 4.16. The predicted octanol–water partition coefficient (Wildman–Crippen LogP) is 2.65. The van der Waals surface area contributed by atoms with Gasteiger partial charge in [-0.1, -0.05) is 24.3 Å². The van der Waals surface area contributed by atoms with E-state index in [1.807, 2.05) is 24.3 Å². The normalized spacial score (nSPS) is 10.3. The number of amides is 1. The Bertz CT molecular complexity index is 587. The number of halogens is 1. The number of nitrogens with one attached hydrogen (secondary N) is 1. The fraction of sp³-hybridized carbons (Fsp3) is 0.133. The van der Waals surface area contributed by atoms with E-state index in [0.29, 0.717) is 0 Å². The molecule has 1 amide bonds. The highest BCUT2D eigenvalue weighted by Crippen LogP contribution is 2.24. The van der Waals surface area contributed by atoms with E-state index in [4.69, 9.17) is 5.84 Å². The molecule has 0 saturated carbocycles. The minimum atomic E-state index is -0.241. The second-order valence-electron chi connectivity index (χ2n) is 4.26. The number of rotatable bonds is 5. The average Bonchev–Trinajstić information content (AvgIpc) is 2.48. The summed E-state index contributed by atoms with van der Waals surface area (Å²) in [5.74, 6) is 5.37. The van der Waals surface area contributed by atoms with Crippen LogP contribution >= 0.6 is 11.8 Å². The summed E-state index contributed by atoms with van der Waals surface area (Å²) in [5, 5.41) is 0. The summed E-state index contributed by atoms with van der Waals surface area (Å²) < 4.78 is 12.8. The maximum Gasteiger partial charge on any atom is 0.238 e. The van der Waals surface area contributed by atoms with Crippen molar-refractivity contribution < 1.29 is 9.18 Å². The van der Waals surface area contributed by atoms with Gasteiger partial charge in [0, 0.05) is 10.6 Å². The highest BCUT2D eigenvalue weighted by molar-refractivity contribution is 7.98. The van der Waals surface area contributed by atoms with Gasteiger partial charge in [0.05, 0.1) is 6.42 Å². The van der Waals surface area contributed by atoms with Crippen LogP contribution in [-0.4, -0.2) is 5.91 Å². The van der Waals surface area contributed by atoms with Gasteiger partial charge in [-0.3, -0.25) is 10.2 Å². The van der Waals surface area contributed by atoms with Crippen LogP contribution in [-0.2, 0) is 17.0 Å². The lowest BCUT2D eigenvalue weighted by atomic mass is 10.1. The van der Waals surface area contributed by atoms with Crippen molar-refractivity contribution in [2.24, 2.45) is 5.84 Å². The number of nitrogens with two attached hydrogens (primary N) is 1. The molecule has 0 aromatic heterocycles. The van der Waals surface area contributed by atoms with Crippen LogP contribution in [0.2, 0.25) is 0 Å². The highest BCUT2D eigenvalue weighted by atomic mass is 32.2. The van der Waals surface area contributed by atoms with Gasteiger partial charge in [0.15, 0.2) is 0 Å². The summed E-state index contributed by atoms with van der Waals surface area (Å²) in [6, 6.07) is 14.1. The average molecular weight is 290 g/mol. The van der Waals surface area contributed by atoms with E-state index in [0.717, 1.165) is 21.8 Å². The monoisotopic (exact) mass is 290 g/mol. The molecule has 2 aromatic carbocycles. The highest BCUT2D eigenvalue weighted by Gasteiger charge is 2.07. The van der Waals surface area contributed by atoms with Crippen molar-refractivity contribution in [1.82, 2.24) is 5.43 Å². The number of carbonyl (C=O) groups excluding carboxylic acids is 1. The summed E-state index contributed by atoms with van der Waals surface area (Å²) in [6.07, 6.45) is 0.261. The number of benzene rings is 2. The molecule has 0 radical (unpaired) electrons. The molecule has 3 N–H and O–H groups in total. The quantitative estimate of drug-likeness (QED) is 0.385. The molecule has 0 aliphatic carbocycles. The van der Waals surface area contributed by atoms with E-state index in [-0.39, 0.29) is 18.1 Å². The largest absolute Gasteiger partial charge is 0.294 e. The predicted molar refractivity (Wildman–Crippen MR) is 78.4 cm³/mol. The molecule has 20 heavy (non-hydrogen) atoms. The molecule has 0 aliphatic rings. The zero-order chi connectivity index (χ0) is 14.4. The minimum absolute atomic E-state index is 0.218. The molecule has 104 valence electrons. The van der Waals surface area contributed by atoms with Crippen molar-refractivity contribution in [2.75, 3.05) is 0 Å². The van der Waals surface area contributed by atoms with Crippen LogP contribution in [0.25, 0.3) is 0 Å². The Morgan fingerprint density at radius 2 is 1.75 bits per heavy atom. The van der Waals surface area contributed by atoms with Crippen LogP contribution in [0.3, 0.4) is 0 Å². The van der Waals surface area contributed by atoms with Crippen molar-refractivity contribution in [3.05, 3.63) is 65.5 Å². The molecule has 3 nitrogen and oxygen atoms in total. The van der Waals surface area contributed by atoms with Crippen molar-refractivity contribution in [2.45, 2.75) is 17.1 Å². The molecule has 2 aromatic rings. The molecule has 0 heterocycles. The van der Waals surface area contributed by atoms with Crippen LogP contribution in [0.5, 0.6) is 0 Å². The molecule has 0 aliphatic heterocycles. The van der Waals surface area contributed by atoms with Gasteiger partial charge in [0.25, 0.3) is 0 Å². The van der Waals surface area contributed by atoms with Crippen molar-refractivity contribution in [1.29, 1.82) is 0 Å². The summed E-state index contributed by atoms with van der Waals surface area (Å²) >= 11 is 1.60. The Morgan fingerprint density at radius 1 is 1.10 bits per heavy atom. The number of hydrogen-bond acceptors (Lipinski definition) is 3. The van der Waals surface area contributed by atoms with Gasteiger partial charge in [-0.2, -0.15) is 0 Å². The second-order valence-corrected chi connectivity index (χ2v) is 5.30. The molecule has 2 rings (SSSR count). The molecule has 0 saturated heterocycles. The number of hydrogen-bond donors (Lipinski definition) is 2. The van der Waals surface area contributed by atoms with E-state index in [2.05, 4.69) is 5.43 Å². The first-order valence-electron chi connectivity index (χ1n) is 6.13. The molecule has 0 bridgehead atoms. The van der Waals surface area contributed by atoms with Crippen LogP contribution < -0.4 is 11.3 Å². The number of hydrazine groups is 1. The van der Waals surface area contributed by atoms with Gasteiger partial charge in [-0.15, -0.1) is 11.8 Å². The first kappa shape index (κ1) is 14.6. The maximum atomic E-state index is 12.8. The van der Waals surface area contributed by atoms with Gasteiger partial charge in [-0.05, 0) is 35.4 Å². The second kappa shape index (κ2) is 7.07. The van der Waals surface area contributed by atoms with Gasteiger partial charge < -0.3 is 0 Å². The third-order valence-electron chi connectivity index (χ3n) is 2.84. The topological polar surface area (TPSA) is 55.1 Å². The lowest BCUT2D eigenvalue weighted by Crippen LogP contribution is -2.31. The summed E-state index contributed by atoms with van der Waals surface area (Å²) in [4.78, 5) is 12.4. The summed E-state index contributed by atoms with van der Waals surface area (Å²) in [6.45, 7) is 0. The first-order chi connectivity index (χ1) is 9.69. The Morgan fingerprint density at radius 3 is 2.40 bits per heavy atom. The zero-order valence-electron chi connectivity index (χ0n) is 10.8. The number of carbonyl (C=O) groups is 1. The van der Waals surface area contributed by atoms with E-state index < -0.39 is 0 Å². The molecular formula is C15H15FN2OS. The smallest absolute Gasteiger partial charge is 0.238 e. The van der Waals surface area contributed by atoms with E-state index in [9.17, 15) is 9.18 Å². The lowest BCUT2D eigenvalue weighted by Gasteiger charge is -2.08.